The number of methoxy groups -OCH3 is 1. The minimum Gasteiger partial charge on any atom is -0.468 e. The molecule has 4 nitrogen and oxygen atoms in total. The molecule has 14 heavy (non-hydrogen) atoms. The molecular weight excluding hydrogens is 200 g/mol. The summed E-state index contributed by atoms with van der Waals surface area (Å²) < 4.78 is 4.63. The smallest absolute Gasteiger partial charge is 0.330 e. The maximum Gasteiger partial charge on any atom is 0.330 e. The van der Waals surface area contributed by atoms with Crippen LogP contribution in [-0.4, -0.2) is 24.6 Å². The van der Waals surface area contributed by atoms with Crippen molar-refractivity contribution in [1.29, 1.82) is 0 Å². The molecule has 1 aromatic rings. The van der Waals surface area contributed by atoms with Gasteiger partial charge in [0.1, 0.15) is 5.01 Å². The van der Waals surface area contributed by atoms with E-state index < -0.39 is 6.04 Å². The van der Waals surface area contributed by atoms with Crippen LogP contribution in [0.3, 0.4) is 0 Å². The quantitative estimate of drug-likeness (QED) is 0.583. The Morgan fingerprint density at radius 2 is 2.71 bits per heavy atom. The van der Waals surface area contributed by atoms with Crippen LogP contribution < -0.4 is 5.32 Å². The largest absolute Gasteiger partial charge is 0.468 e. The highest BCUT2D eigenvalue weighted by molar-refractivity contribution is 7.09. The number of terminal acetylenes is 1. The Morgan fingerprint density at radius 3 is 3.21 bits per heavy atom. The van der Waals surface area contributed by atoms with Crippen LogP contribution in [0.5, 0.6) is 0 Å². The van der Waals surface area contributed by atoms with Crippen molar-refractivity contribution in [3.8, 4) is 12.3 Å². The van der Waals surface area contributed by atoms with Gasteiger partial charge in [0.05, 0.1) is 13.7 Å². The minimum absolute atomic E-state index is 0.305. The molecule has 1 unspecified atom stereocenters. The lowest BCUT2D eigenvalue weighted by Gasteiger charge is -2.11. The first-order valence-corrected chi connectivity index (χ1v) is 4.81. The molecule has 0 aliphatic rings. The molecule has 0 amide bonds. The molecule has 0 spiro atoms. The summed E-state index contributed by atoms with van der Waals surface area (Å²) in [5.41, 5.74) is 0. The first-order chi connectivity index (χ1) is 6.79. The number of rotatable bonds is 4. The molecule has 1 atom stereocenters. The van der Waals surface area contributed by atoms with Gasteiger partial charge in [-0.15, -0.1) is 17.8 Å². The van der Waals surface area contributed by atoms with Gasteiger partial charge in [0.2, 0.25) is 0 Å². The van der Waals surface area contributed by atoms with Crippen LogP contribution in [0.4, 0.5) is 0 Å². The number of nitrogens with one attached hydrogen (secondary N) is 1. The van der Waals surface area contributed by atoms with E-state index in [0.717, 1.165) is 0 Å². The standard InChI is InChI=1S/C9H10N2O2S/c1-3-4-10-7(9(12)13-2)8-11-5-6-14-8/h1,5-7,10H,4H2,2H3. The Bertz CT molecular complexity index is 329. The molecular formula is C9H10N2O2S. The molecule has 1 heterocycles. The highest BCUT2D eigenvalue weighted by atomic mass is 32.1. The fourth-order valence-corrected chi connectivity index (χ4v) is 1.63. The van der Waals surface area contributed by atoms with Crippen molar-refractivity contribution >= 4 is 17.3 Å². The first-order valence-electron chi connectivity index (χ1n) is 3.93. The summed E-state index contributed by atoms with van der Waals surface area (Å²) in [6.07, 6.45) is 6.72. The van der Waals surface area contributed by atoms with Crippen molar-refractivity contribution in [2.45, 2.75) is 6.04 Å². The van der Waals surface area contributed by atoms with Crippen molar-refractivity contribution in [3.05, 3.63) is 16.6 Å². The first kappa shape index (κ1) is 10.7. The van der Waals surface area contributed by atoms with Gasteiger partial charge in [-0.25, -0.2) is 9.78 Å². The lowest BCUT2D eigenvalue weighted by atomic mass is 10.3. The number of carbonyl (C=O) groups is 1. The molecule has 0 aliphatic heterocycles. The number of esters is 1. The summed E-state index contributed by atoms with van der Waals surface area (Å²) in [7, 11) is 1.33. The minimum atomic E-state index is -0.559. The molecule has 1 aromatic heterocycles. The van der Waals surface area contributed by atoms with Crippen LogP contribution in [-0.2, 0) is 9.53 Å². The molecule has 0 saturated carbocycles. The number of thiazole rings is 1. The highest BCUT2D eigenvalue weighted by Gasteiger charge is 2.22. The van der Waals surface area contributed by atoms with E-state index in [1.165, 1.54) is 18.4 Å². The van der Waals surface area contributed by atoms with Crippen molar-refractivity contribution in [3.63, 3.8) is 0 Å². The lowest BCUT2D eigenvalue weighted by molar-refractivity contribution is -0.143. The predicted molar refractivity (Wildman–Crippen MR) is 53.7 cm³/mol. The summed E-state index contributed by atoms with van der Waals surface area (Å²) >= 11 is 1.38. The van der Waals surface area contributed by atoms with E-state index in [2.05, 4.69) is 21.0 Å². The van der Waals surface area contributed by atoms with Gasteiger partial charge in [0, 0.05) is 11.6 Å². The van der Waals surface area contributed by atoms with Crippen LogP contribution in [0.1, 0.15) is 11.0 Å². The summed E-state index contributed by atoms with van der Waals surface area (Å²) in [5.74, 6) is 2.02. The third-order valence-corrected chi connectivity index (χ3v) is 2.38. The Labute approximate surface area is 86.3 Å². The summed E-state index contributed by atoms with van der Waals surface area (Å²) in [5, 5.41) is 5.31. The monoisotopic (exact) mass is 210 g/mol. The lowest BCUT2D eigenvalue weighted by Crippen LogP contribution is -2.29. The van der Waals surface area contributed by atoms with Crippen LogP contribution >= 0.6 is 11.3 Å². The Hall–Kier alpha value is -1.38. The van der Waals surface area contributed by atoms with E-state index in [-0.39, 0.29) is 5.97 Å². The van der Waals surface area contributed by atoms with Crippen molar-refractivity contribution in [2.24, 2.45) is 0 Å². The number of nitrogens with zero attached hydrogens (tertiary/aromatic N) is 1. The van der Waals surface area contributed by atoms with Gasteiger partial charge in [-0.05, 0) is 0 Å². The van der Waals surface area contributed by atoms with Crippen LogP contribution in [0, 0.1) is 12.3 Å². The third kappa shape index (κ3) is 2.55. The summed E-state index contributed by atoms with van der Waals surface area (Å²) in [6.45, 7) is 0.305. The second-order valence-electron chi connectivity index (χ2n) is 2.41. The van der Waals surface area contributed by atoms with Gasteiger partial charge in [0.25, 0.3) is 0 Å². The van der Waals surface area contributed by atoms with Crippen molar-refractivity contribution in [1.82, 2.24) is 10.3 Å². The van der Waals surface area contributed by atoms with E-state index >= 15 is 0 Å². The van der Waals surface area contributed by atoms with Crippen LogP contribution in [0.2, 0.25) is 0 Å². The molecule has 0 saturated heterocycles. The summed E-state index contributed by atoms with van der Waals surface area (Å²) in [6, 6.07) is -0.559. The van der Waals surface area contributed by atoms with Crippen LogP contribution in [0.25, 0.3) is 0 Å². The molecule has 0 aromatic carbocycles. The number of ether oxygens (including phenoxy) is 1. The van der Waals surface area contributed by atoms with Gasteiger partial charge in [-0.2, -0.15) is 0 Å². The van der Waals surface area contributed by atoms with Gasteiger partial charge >= 0.3 is 5.97 Å². The van der Waals surface area contributed by atoms with E-state index in [0.29, 0.717) is 11.6 Å². The van der Waals surface area contributed by atoms with E-state index in [1.807, 2.05) is 0 Å². The topological polar surface area (TPSA) is 51.2 Å². The Kier molecular flexibility index (Phi) is 4.11. The fourth-order valence-electron chi connectivity index (χ4n) is 0.927. The Balaban J connectivity index is 2.73. The molecule has 0 radical (unpaired) electrons. The zero-order valence-corrected chi connectivity index (χ0v) is 8.50. The maximum atomic E-state index is 11.3. The molecule has 0 aliphatic carbocycles. The van der Waals surface area contributed by atoms with Gasteiger partial charge in [-0.3, -0.25) is 5.32 Å². The maximum absolute atomic E-state index is 11.3. The van der Waals surface area contributed by atoms with Crippen molar-refractivity contribution < 1.29 is 9.53 Å². The molecule has 0 bridgehead atoms. The van der Waals surface area contributed by atoms with Crippen LogP contribution in [0.15, 0.2) is 11.6 Å². The number of carbonyl (C=O) groups excluding carboxylic acids is 1. The second kappa shape index (κ2) is 5.37. The molecule has 1 rings (SSSR count). The molecule has 0 fully saturated rings. The number of hydrogen-bond donors (Lipinski definition) is 1. The van der Waals surface area contributed by atoms with E-state index in [4.69, 9.17) is 6.42 Å². The summed E-state index contributed by atoms with van der Waals surface area (Å²) in [4.78, 5) is 15.4. The highest BCUT2D eigenvalue weighted by Crippen LogP contribution is 2.16. The van der Waals surface area contributed by atoms with Crippen molar-refractivity contribution in [2.75, 3.05) is 13.7 Å². The number of hydrogen-bond acceptors (Lipinski definition) is 5. The third-order valence-electron chi connectivity index (χ3n) is 1.54. The average Bonchev–Trinajstić information content (AvgIpc) is 2.71. The SMILES string of the molecule is C#CCNC(C(=O)OC)c1nccs1. The average molecular weight is 210 g/mol. The van der Waals surface area contributed by atoms with Gasteiger partial charge in [-0.1, -0.05) is 5.92 Å². The number of aromatic nitrogens is 1. The zero-order chi connectivity index (χ0) is 10.4. The predicted octanol–water partition coefficient (Wildman–Crippen LogP) is 0.580. The fraction of sp³-hybridized carbons (Fsp3) is 0.333. The van der Waals surface area contributed by atoms with E-state index in [9.17, 15) is 4.79 Å². The zero-order valence-electron chi connectivity index (χ0n) is 7.69. The van der Waals surface area contributed by atoms with Gasteiger partial charge in [0.15, 0.2) is 6.04 Å². The second-order valence-corrected chi connectivity index (χ2v) is 3.34. The van der Waals surface area contributed by atoms with Gasteiger partial charge < -0.3 is 4.74 Å². The molecule has 5 heteroatoms. The molecule has 74 valence electrons. The van der Waals surface area contributed by atoms with E-state index in [1.54, 1.807) is 11.6 Å². The normalized spacial score (nSPS) is 11.7. The molecule has 1 N–H and O–H groups in total. The Morgan fingerprint density at radius 1 is 1.93 bits per heavy atom.